The van der Waals surface area contributed by atoms with Crippen molar-refractivity contribution in [1.82, 2.24) is 4.72 Å². The molecular formula is C12H16BrNO3S. The lowest BCUT2D eigenvalue weighted by atomic mass is 10.3. The summed E-state index contributed by atoms with van der Waals surface area (Å²) in [5, 5.41) is 0. The Labute approximate surface area is 116 Å². The molecule has 1 aromatic rings. The van der Waals surface area contributed by atoms with Crippen LogP contribution < -0.4 is 9.46 Å². The van der Waals surface area contributed by atoms with Crippen LogP contribution in [-0.4, -0.2) is 21.6 Å². The summed E-state index contributed by atoms with van der Waals surface area (Å²) >= 11 is 3.10. The number of rotatable bonds is 7. The van der Waals surface area contributed by atoms with E-state index in [2.05, 4.69) is 27.2 Å². The zero-order valence-electron chi connectivity index (χ0n) is 10.1. The van der Waals surface area contributed by atoms with Gasteiger partial charge in [-0.25, -0.2) is 13.1 Å². The second kappa shape index (κ2) is 6.92. The van der Waals surface area contributed by atoms with E-state index in [1.54, 1.807) is 12.1 Å². The van der Waals surface area contributed by atoms with E-state index in [1.807, 2.05) is 6.92 Å². The van der Waals surface area contributed by atoms with Gasteiger partial charge in [-0.05, 0) is 30.7 Å². The quantitative estimate of drug-likeness (QED) is 0.834. The predicted octanol–water partition coefficient (Wildman–Crippen LogP) is 2.66. The van der Waals surface area contributed by atoms with Gasteiger partial charge in [-0.3, -0.25) is 0 Å². The zero-order valence-corrected chi connectivity index (χ0v) is 12.6. The Balaban J connectivity index is 2.74. The number of hydrogen-bond acceptors (Lipinski definition) is 3. The van der Waals surface area contributed by atoms with E-state index in [1.165, 1.54) is 12.1 Å². The second-order valence-electron chi connectivity index (χ2n) is 3.66. The van der Waals surface area contributed by atoms with Crippen LogP contribution in [-0.2, 0) is 10.0 Å². The van der Waals surface area contributed by atoms with Crippen molar-refractivity contribution in [3.05, 3.63) is 35.3 Å². The van der Waals surface area contributed by atoms with Gasteiger partial charge in [-0.15, -0.1) is 0 Å². The van der Waals surface area contributed by atoms with Crippen LogP contribution in [0.25, 0.3) is 0 Å². The molecule has 0 aliphatic carbocycles. The first-order valence-electron chi connectivity index (χ1n) is 5.51. The third-order valence-electron chi connectivity index (χ3n) is 2.06. The van der Waals surface area contributed by atoms with Crippen molar-refractivity contribution in [2.75, 3.05) is 13.2 Å². The Morgan fingerprint density at radius 2 is 2.00 bits per heavy atom. The molecule has 0 saturated heterocycles. The van der Waals surface area contributed by atoms with Gasteiger partial charge in [-0.1, -0.05) is 29.4 Å². The molecule has 0 aromatic heterocycles. The Morgan fingerprint density at radius 3 is 2.50 bits per heavy atom. The van der Waals surface area contributed by atoms with Crippen molar-refractivity contribution in [2.45, 2.75) is 18.2 Å². The summed E-state index contributed by atoms with van der Waals surface area (Å²) in [6.07, 6.45) is 0.912. The molecule has 0 bridgehead atoms. The van der Waals surface area contributed by atoms with E-state index in [9.17, 15) is 8.42 Å². The minimum atomic E-state index is -3.49. The van der Waals surface area contributed by atoms with Crippen LogP contribution in [0, 0.1) is 0 Å². The summed E-state index contributed by atoms with van der Waals surface area (Å²) < 4.78 is 32.1. The molecule has 0 fully saturated rings. The smallest absolute Gasteiger partial charge is 0.240 e. The Morgan fingerprint density at radius 1 is 1.39 bits per heavy atom. The van der Waals surface area contributed by atoms with Gasteiger partial charge >= 0.3 is 0 Å². The highest BCUT2D eigenvalue weighted by Gasteiger charge is 2.13. The van der Waals surface area contributed by atoms with Gasteiger partial charge in [0, 0.05) is 11.0 Å². The fourth-order valence-electron chi connectivity index (χ4n) is 1.19. The lowest BCUT2D eigenvalue weighted by molar-refractivity contribution is 0.317. The molecule has 18 heavy (non-hydrogen) atoms. The monoisotopic (exact) mass is 333 g/mol. The highest BCUT2D eigenvalue weighted by Crippen LogP contribution is 2.16. The second-order valence-corrected chi connectivity index (χ2v) is 6.55. The lowest BCUT2D eigenvalue weighted by Crippen LogP contribution is -2.24. The molecule has 0 saturated carbocycles. The SMILES string of the molecule is C=C(Br)CNS(=O)(=O)c1ccc(OCCC)cc1. The molecule has 6 heteroatoms. The van der Waals surface area contributed by atoms with Crippen LogP contribution in [0.5, 0.6) is 5.75 Å². The lowest BCUT2D eigenvalue weighted by Gasteiger charge is -2.08. The molecule has 0 amide bonds. The fraction of sp³-hybridized carbons (Fsp3) is 0.333. The molecule has 1 N–H and O–H groups in total. The van der Waals surface area contributed by atoms with Crippen LogP contribution in [0.4, 0.5) is 0 Å². The number of halogens is 1. The molecule has 0 atom stereocenters. The van der Waals surface area contributed by atoms with Crippen LogP contribution in [0.15, 0.2) is 40.2 Å². The van der Waals surface area contributed by atoms with E-state index in [0.29, 0.717) is 16.8 Å². The van der Waals surface area contributed by atoms with E-state index in [4.69, 9.17) is 4.74 Å². The van der Waals surface area contributed by atoms with E-state index < -0.39 is 10.0 Å². The normalized spacial score (nSPS) is 11.2. The fourth-order valence-corrected chi connectivity index (χ4v) is 2.54. The third-order valence-corrected chi connectivity index (χ3v) is 3.76. The summed E-state index contributed by atoms with van der Waals surface area (Å²) in [6.45, 7) is 6.36. The topological polar surface area (TPSA) is 55.4 Å². The van der Waals surface area contributed by atoms with Crippen LogP contribution in [0.3, 0.4) is 0 Å². The molecule has 4 nitrogen and oxygen atoms in total. The van der Waals surface area contributed by atoms with Gasteiger partial charge in [-0.2, -0.15) is 0 Å². The summed E-state index contributed by atoms with van der Waals surface area (Å²) in [4.78, 5) is 0.208. The van der Waals surface area contributed by atoms with Crippen LogP contribution in [0.1, 0.15) is 13.3 Å². The highest BCUT2D eigenvalue weighted by molar-refractivity contribution is 9.11. The first kappa shape index (κ1) is 15.2. The van der Waals surface area contributed by atoms with Crippen molar-refractivity contribution >= 4 is 26.0 Å². The number of sulfonamides is 1. The molecule has 0 aliphatic heterocycles. The molecule has 1 aromatic carbocycles. The average Bonchev–Trinajstić information content (AvgIpc) is 2.34. The molecule has 1 rings (SSSR count). The van der Waals surface area contributed by atoms with Gasteiger partial charge < -0.3 is 4.74 Å². The molecule has 0 aliphatic rings. The van der Waals surface area contributed by atoms with E-state index in [0.717, 1.165) is 6.42 Å². The van der Waals surface area contributed by atoms with Crippen molar-refractivity contribution in [3.8, 4) is 5.75 Å². The van der Waals surface area contributed by atoms with Gasteiger partial charge in [0.2, 0.25) is 10.0 Å². The largest absolute Gasteiger partial charge is 0.494 e. The Bertz CT molecular complexity index is 497. The molecule has 0 unspecified atom stereocenters. The number of nitrogens with one attached hydrogen (secondary N) is 1. The maximum Gasteiger partial charge on any atom is 0.240 e. The molecule has 100 valence electrons. The van der Waals surface area contributed by atoms with Gasteiger partial charge in [0.25, 0.3) is 0 Å². The van der Waals surface area contributed by atoms with Crippen molar-refractivity contribution < 1.29 is 13.2 Å². The summed E-state index contributed by atoms with van der Waals surface area (Å²) in [7, 11) is -3.49. The molecular weight excluding hydrogens is 318 g/mol. The van der Waals surface area contributed by atoms with Gasteiger partial charge in [0.15, 0.2) is 0 Å². The van der Waals surface area contributed by atoms with Gasteiger partial charge in [0.05, 0.1) is 11.5 Å². The van der Waals surface area contributed by atoms with Crippen molar-refractivity contribution in [2.24, 2.45) is 0 Å². The predicted molar refractivity (Wildman–Crippen MR) is 75.5 cm³/mol. The minimum absolute atomic E-state index is 0.163. The minimum Gasteiger partial charge on any atom is -0.494 e. The van der Waals surface area contributed by atoms with E-state index in [-0.39, 0.29) is 11.4 Å². The maximum absolute atomic E-state index is 11.8. The Kier molecular flexibility index (Phi) is 5.84. The third kappa shape index (κ3) is 4.80. The van der Waals surface area contributed by atoms with Crippen molar-refractivity contribution in [1.29, 1.82) is 0 Å². The number of ether oxygens (including phenoxy) is 1. The zero-order chi connectivity index (χ0) is 13.6. The van der Waals surface area contributed by atoms with Crippen LogP contribution in [0.2, 0.25) is 0 Å². The standard InChI is InChI=1S/C12H16BrNO3S/c1-3-8-17-11-4-6-12(7-5-11)18(15,16)14-9-10(2)13/h4-7,14H,2-3,8-9H2,1H3. The van der Waals surface area contributed by atoms with Gasteiger partial charge in [0.1, 0.15) is 5.75 Å². The average molecular weight is 334 g/mol. The summed E-state index contributed by atoms with van der Waals surface area (Å²) in [5.41, 5.74) is 0. The molecule has 0 spiro atoms. The Hall–Kier alpha value is -0.850. The summed E-state index contributed by atoms with van der Waals surface area (Å²) in [6, 6.07) is 6.33. The number of benzene rings is 1. The maximum atomic E-state index is 11.8. The van der Waals surface area contributed by atoms with Crippen molar-refractivity contribution in [3.63, 3.8) is 0 Å². The van der Waals surface area contributed by atoms with E-state index >= 15 is 0 Å². The van der Waals surface area contributed by atoms with Crippen LogP contribution >= 0.6 is 15.9 Å². The first-order chi connectivity index (χ1) is 8.45. The highest BCUT2D eigenvalue weighted by atomic mass is 79.9. The molecule has 0 radical (unpaired) electrons. The molecule has 0 heterocycles. The number of hydrogen-bond donors (Lipinski definition) is 1. The first-order valence-corrected chi connectivity index (χ1v) is 7.79. The summed E-state index contributed by atoms with van der Waals surface area (Å²) in [5.74, 6) is 0.667.